The van der Waals surface area contributed by atoms with E-state index in [2.05, 4.69) is 25.1 Å². The molecule has 1 unspecified atom stereocenters. The summed E-state index contributed by atoms with van der Waals surface area (Å²) in [5.74, 6) is 0.413. The van der Waals surface area contributed by atoms with E-state index in [4.69, 9.17) is 17.3 Å². The summed E-state index contributed by atoms with van der Waals surface area (Å²) in [5, 5.41) is 0.149. The second-order valence-corrected chi connectivity index (χ2v) is 6.34. The number of benzene rings is 2. The van der Waals surface area contributed by atoms with Crippen LogP contribution in [0.15, 0.2) is 47.4 Å². The molecule has 2 aromatic carbocycles. The van der Waals surface area contributed by atoms with Crippen LogP contribution in [0.5, 0.6) is 0 Å². The summed E-state index contributed by atoms with van der Waals surface area (Å²) in [4.78, 5) is 1.21. The number of hydrogen-bond acceptors (Lipinski definition) is 2. The molecule has 0 aliphatic heterocycles. The number of hydrogen-bond donors (Lipinski definition) is 1. The van der Waals surface area contributed by atoms with Crippen LogP contribution < -0.4 is 5.73 Å². The first-order valence-corrected chi connectivity index (χ1v) is 7.80. The molecule has 106 valence electrons. The lowest BCUT2D eigenvalue weighted by atomic mass is 10.1. The van der Waals surface area contributed by atoms with Crippen molar-refractivity contribution < 1.29 is 4.39 Å². The normalized spacial score (nSPS) is 12.4. The summed E-state index contributed by atoms with van der Waals surface area (Å²) >= 11 is 7.39. The molecule has 0 saturated heterocycles. The first kappa shape index (κ1) is 15.4. The Morgan fingerprint density at radius 2 is 2.05 bits per heavy atom. The molecule has 0 aromatic heterocycles. The zero-order valence-corrected chi connectivity index (χ0v) is 12.8. The van der Waals surface area contributed by atoms with E-state index in [0.29, 0.717) is 6.42 Å². The van der Waals surface area contributed by atoms with Crippen LogP contribution in [0.4, 0.5) is 4.39 Å². The maximum absolute atomic E-state index is 13.3. The van der Waals surface area contributed by atoms with E-state index in [-0.39, 0.29) is 16.9 Å². The summed E-state index contributed by atoms with van der Waals surface area (Å²) in [6, 6.07) is 13.2. The number of nitrogens with two attached hydrogens (primary N) is 1. The Bertz CT molecular complexity index is 588. The van der Waals surface area contributed by atoms with Gasteiger partial charge in [0.1, 0.15) is 5.82 Å². The molecule has 20 heavy (non-hydrogen) atoms. The van der Waals surface area contributed by atoms with Gasteiger partial charge in [-0.05, 0) is 43.2 Å². The maximum Gasteiger partial charge on any atom is 0.142 e. The minimum atomic E-state index is -0.386. The van der Waals surface area contributed by atoms with E-state index >= 15 is 0 Å². The molecule has 0 aliphatic carbocycles. The van der Waals surface area contributed by atoms with Crippen molar-refractivity contribution in [2.24, 2.45) is 5.73 Å². The quantitative estimate of drug-likeness (QED) is 0.826. The number of rotatable bonds is 5. The number of aryl methyl sites for hydroxylation is 1. The van der Waals surface area contributed by atoms with Crippen LogP contribution in [0.25, 0.3) is 0 Å². The largest absolute Gasteiger partial charge is 0.327 e. The lowest BCUT2D eigenvalue weighted by Gasteiger charge is -2.12. The Hall–Kier alpha value is -1.03. The van der Waals surface area contributed by atoms with E-state index < -0.39 is 0 Å². The summed E-state index contributed by atoms with van der Waals surface area (Å²) in [7, 11) is 0. The topological polar surface area (TPSA) is 26.0 Å². The Morgan fingerprint density at radius 3 is 2.75 bits per heavy atom. The molecule has 2 aromatic rings. The Morgan fingerprint density at radius 1 is 1.25 bits per heavy atom. The van der Waals surface area contributed by atoms with Gasteiger partial charge >= 0.3 is 0 Å². The third-order valence-electron chi connectivity index (χ3n) is 2.94. The second kappa shape index (κ2) is 7.11. The summed E-state index contributed by atoms with van der Waals surface area (Å²) in [6.07, 6.45) is 0.646. The molecule has 0 heterocycles. The summed E-state index contributed by atoms with van der Waals surface area (Å²) in [5.41, 5.74) is 8.22. The molecule has 1 atom stereocenters. The molecule has 0 bridgehead atoms. The van der Waals surface area contributed by atoms with Crippen molar-refractivity contribution in [3.8, 4) is 0 Å². The van der Waals surface area contributed by atoms with Crippen LogP contribution in [-0.4, -0.2) is 11.8 Å². The molecule has 0 amide bonds. The first-order valence-electron chi connectivity index (χ1n) is 6.43. The predicted octanol–water partition coefficient (Wildman–Crippen LogP) is 4.45. The van der Waals surface area contributed by atoms with Gasteiger partial charge in [-0.15, -0.1) is 11.8 Å². The van der Waals surface area contributed by atoms with Crippen molar-refractivity contribution in [3.63, 3.8) is 0 Å². The molecular weight excluding hydrogens is 293 g/mol. The highest BCUT2D eigenvalue weighted by atomic mass is 35.5. The monoisotopic (exact) mass is 309 g/mol. The van der Waals surface area contributed by atoms with Crippen molar-refractivity contribution in [1.82, 2.24) is 0 Å². The lowest BCUT2D eigenvalue weighted by molar-refractivity contribution is 0.623. The van der Waals surface area contributed by atoms with Crippen molar-refractivity contribution in [3.05, 3.63) is 64.4 Å². The van der Waals surface area contributed by atoms with E-state index in [1.54, 1.807) is 17.8 Å². The van der Waals surface area contributed by atoms with E-state index in [9.17, 15) is 4.39 Å². The fourth-order valence-corrected chi connectivity index (χ4v) is 3.02. The molecule has 0 saturated carbocycles. The number of halogens is 2. The minimum Gasteiger partial charge on any atom is -0.327 e. The molecule has 0 fully saturated rings. The second-order valence-electron chi connectivity index (χ2n) is 4.84. The van der Waals surface area contributed by atoms with Gasteiger partial charge in [-0.25, -0.2) is 4.39 Å². The third-order valence-corrected chi connectivity index (χ3v) is 4.42. The molecule has 1 nitrogen and oxygen atoms in total. The van der Waals surface area contributed by atoms with Gasteiger partial charge in [-0.3, -0.25) is 0 Å². The smallest absolute Gasteiger partial charge is 0.142 e. The van der Waals surface area contributed by atoms with Crippen molar-refractivity contribution in [1.29, 1.82) is 0 Å². The van der Waals surface area contributed by atoms with Gasteiger partial charge in [0, 0.05) is 16.7 Å². The van der Waals surface area contributed by atoms with Gasteiger partial charge in [-0.2, -0.15) is 0 Å². The molecule has 0 spiro atoms. The van der Waals surface area contributed by atoms with Gasteiger partial charge in [0.2, 0.25) is 0 Å². The average molecular weight is 310 g/mol. The van der Waals surface area contributed by atoms with Gasteiger partial charge in [0.25, 0.3) is 0 Å². The fourth-order valence-electron chi connectivity index (χ4n) is 1.94. The van der Waals surface area contributed by atoms with Crippen LogP contribution in [0.2, 0.25) is 5.02 Å². The van der Waals surface area contributed by atoms with Crippen LogP contribution >= 0.6 is 23.4 Å². The predicted molar refractivity (Wildman–Crippen MR) is 85.0 cm³/mol. The molecular formula is C16H17ClFNS. The highest BCUT2D eigenvalue weighted by Crippen LogP contribution is 2.21. The highest BCUT2D eigenvalue weighted by molar-refractivity contribution is 7.99. The standard InChI is InChI=1S/C16H17ClFNS/c1-11-3-2-4-14(7-11)20-10-13(19)8-12-5-6-15(17)16(18)9-12/h2-7,9,13H,8,10,19H2,1H3. The van der Waals surface area contributed by atoms with E-state index in [1.165, 1.54) is 16.5 Å². The van der Waals surface area contributed by atoms with Gasteiger partial charge in [-0.1, -0.05) is 35.4 Å². The molecule has 2 rings (SSSR count). The summed E-state index contributed by atoms with van der Waals surface area (Å²) in [6.45, 7) is 2.07. The SMILES string of the molecule is Cc1cccc(SCC(N)Cc2ccc(Cl)c(F)c2)c1. The minimum absolute atomic E-state index is 0.0129. The van der Waals surface area contributed by atoms with Gasteiger partial charge in [0.05, 0.1) is 5.02 Å². The first-order chi connectivity index (χ1) is 9.54. The highest BCUT2D eigenvalue weighted by Gasteiger charge is 2.07. The van der Waals surface area contributed by atoms with Gasteiger partial charge < -0.3 is 5.73 Å². The zero-order valence-electron chi connectivity index (χ0n) is 11.3. The van der Waals surface area contributed by atoms with Crippen molar-refractivity contribution in [2.45, 2.75) is 24.3 Å². The molecule has 4 heteroatoms. The zero-order chi connectivity index (χ0) is 14.5. The fraction of sp³-hybridized carbons (Fsp3) is 0.250. The van der Waals surface area contributed by atoms with Crippen LogP contribution in [0, 0.1) is 12.7 Å². The Labute approximate surface area is 128 Å². The maximum atomic E-state index is 13.3. The van der Waals surface area contributed by atoms with Crippen LogP contribution in [0.1, 0.15) is 11.1 Å². The van der Waals surface area contributed by atoms with Crippen LogP contribution in [-0.2, 0) is 6.42 Å². The van der Waals surface area contributed by atoms with Gasteiger partial charge in [0.15, 0.2) is 0 Å². The lowest BCUT2D eigenvalue weighted by Crippen LogP contribution is -2.25. The Kier molecular flexibility index (Phi) is 5.46. The molecule has 0 aliphatic rings. The van der Waals surface area contributed by atoms with Crippen molar-refractivity contribution >= 4 is 23.4 Å². The van der Waals surface area contributed by atoms with Crippen LogP contribution in [0.3, 0.4) is 0 Å². The van der Waals surface area contributed by atoms with E-state index in [0.717, 1.165) is 11.3 Å². The van der Waals surface area contributed by atoms with Crippen molar-refractivity contribution in [2.75, 3.05) is 5.75 Å². The number of thioether (sulfide) groups is 1. The third kappa shape index (κ3) is 4.51. The molecule has 2 N–H and O–H groups in total. The Balaban J connectivity index is 1.89. The van der Waals surface area contributed by atoms with E-state index in [1.807, 2.05) is 12.1 Å². The average Bonchev–Trinajstić information content (AvgIpc) is 2.41. The summed E-state index contributed by atoms with van der Waals surface area (Å²) < 4.78 is 13.3. The molecule has 0 radical (unpaired) electrons.